The van der Waals surface area contributed by atoms with Gasteiger partial charge in [-0.3, -0.25) is 14.4 Å². The first-order valence-corrected chi connectivity index (χ1v) is 14.0. The lowest BCUT2D eigenvalue weighted by Crippen LogP contribution is -2.57. The summed E-state index contributed by atoms with van der Waals surface area (Å²) in [5.41, 5.74) is -1.01. The smallest absolute Gasteiger partial charge is 0.312 e. The van der Waals surface area contributed by atoms with Gasteiger partial charge in [0.25, 0.3) is 5.91 Å². The van der Waals surface area contributed by atoms with E-state index in [0.717, 1.165) is 0 Å². The number of hydrogen-bond donors (Lipinski definition) is 1. The van der Waals surface area contributed by atoms with E-state index in [1.807, 2.05) is 44.2 Å². The molecular weight excluding hydrogens is 532 g/mol. The zero-order chi connectivity index (χ0) is 28.8. The van der Waals surface area contributed by atoms with E-state index >= 15 is 0 Å². The van der Waals surface area contributed by atoms with Crippen molar-refractivity contribution in [3.63, 3.8) is 0 Å². The maximum Gasteiger partial charge on any atom is 0.312 e. The van der Waals surface area contributed by atoms with Gasteiger partial charge in [0.2, 0.25) is 5.91 Å². The van der Waals surface area contributed by atoms with Gasteiger partial charge in [-0.1, -0.05) is 54.9 Å². The van der Waals surface area contributed by atoms with Gasteiger partial charge >= 0.3 is 5.97 Å². The molecule has 212 valence electrons. The maximum absolute atomic E-state index is 14.7. The van der Waals surface area contributed by atoms with E-state index in [4.69, 9.17) is 21.1 Å². The minimum atomic E-state index is -1.28. The molecule has 3 fully saturated rings. The molecule has 3 aliphatic heterocycles. The van der Waals surface area contributed by atoms with Gasteiger partial charge in [-0.2, -0.15) is 0 Å². The Morgan fingerprint density at radius 1 is 1.25 bits per heavy atom. The maximum atomic E-state index is 14.7. The number of esters is 1. The number of aliphatic hydroxyl groups is 1. The fourth-order valence-electron chi connectivity index (χ4n) is 7.13. The molecule has 0 radical (unpaired) electrons. The number of fused-ring (bicyclic) bond motifs is 1. The molecule has 2 aromatic rings. The summed E-state index contributed by atoms with van der Waals surface area (Å²) in [7, 11) is 0. The van der Waals surface area contributed by atoms with Gasteiger partial charge < -0.3 is 24.4 Å². The Balaban J connectivity index is 1.69. The molecule has 2 amide bonds. The monoisotopic (exact) mass is 566 g/mol. The van der Waals surface area contributed by atoms with Crippen molar-refractivity contribution in [2.24, 2.45) is 17.8 Å². The number of carbonyl (C=O) groups is 3. The highest BCUT2D eigenvalue weighted by Gasteiger charge is 2.80. The molecule has 1 N–H and O–H groups in total. The minimum Gasteiger partial charge on any atom is -0.466 e. The van der Waals surface area contributed by atoms with Crippen LogP contribution in [-0.2, 0) is 23.9 Å². The molecule has 2 aromatic carbocycles. The first kappa shape index (κ1) is 28.3. The molecule has 0 aromatic heterocycles. The van der Waals surface area contributed by atoms with Crippen LogP contribution in [-0.4, -0.2) is 64.8 Å². The first-order chi connectivity index (χ1) is 19.1. The molecule has 8 nitrogen and oxygen atoms in total. The molecule has 9 heteroatoms. The summed E-state index contributed by atoms with van der Waals surface area (Å²) in [6, 6.07) is 14.0. The molecule has 3 aliphatic rings. The van der Waals surface area contributed by atoms with Crippen LogP contribution < -0.4 is 4.90 Å². The lowest BCUT2D eigenvalue weighted by Gasteiger charge is -2.39. The fourth-order valence-corrected chi connectivity index (χ4v) is 7.26. The largest absolute Gasteiger partial charge is 0.466 e. The highest BCUT2D eigenvalue weighted by molar-refractivity contribution is 6.30. The van der Waals surface area contributed by atoms with Crippen molar-refractivity contribution in [3.05, 3.63) is 77.8 Å². The predicted molar refractivity (Wildman–Crippen MR) is 151 cm³/mol. The molecule has 40 heavy (non-hydrogen) atoms. The second kappa shape index (κ2) is 10.7. The van der Waals surface area contributed by atoms with Crippen LogP contribution in [0.4, 0.5) is 5.69 Å². The van der Waals surface area contributed by atoms with E-state index in [0.29, 0.717) is 22.7 Å². The number of anilines is 1. The Kier molecular flexibility index (Phi) is 7.54. The number of ether oxygens (including phenoxy) is 2. The summed E-state index contributed by atoms with van der Waals surface area (Å²) in [6.45, 7) is 9.30. The molecule has 2 bridgehead atoms. The Morgan fingerprint density at radius 2 is 1.93 bits per heavy atom. The van der Waals surface area contributed by atoms with E-state index in [9.17, 15) is 19.5 Å². The summed E-state index contributed by atoms with van der Waals surface area (Å²) in [5.74, 6) is -3.24. The molecule has 0 aliphatic carbocycles. The van der Waals surface area contributed by atoms with E-state index in [1.165, 1.54) is 4.90 Å². The average molecular weight is 567 g/mol. The Morgan fingerprint density at radius 3 is 2.52 bits per heavy atom. The van der Waals surface area contributed by atoms with Crippen LogP contribution in [0.15, 0.2) is 67.3 Å². The van der Waals surface area contributed by atoms with Crippen molar-refractivity contribution in [2.75, 3.05) is 24.7 Å². The standard InChI is InChI=1S/C31H35ClN2O6/c1-5-16-33(22-14-12-21(32)13-15-22)28(37)26-31-17-19(3)30(4,40-31)25(29(38)39-6-2)24(31)27(36)34(26)23(18-35)20-10-8-7-9-11-20/h5,7-15,19,23-26,35H,1,6,16-18H2,2-4H3/t19?,23-,24+,25+,26?,30-,31?/m1/s1. The van der Waals surface area contributed by atoms with Gasteiger partial charge in [0.1, 0.15) is 17.6 Å². The van der Waals surface area contributed by atoms with Crippen LogP contribution in [0.2, 0.25) is 5.02 Å². The van der Waals surface area contributed by atoms with Crippen molar-refractivity contribution in [1.82, 2.24) is 4.90 Å². The van der Waals surface area contributed by atoms with E-state index in [-0.39, 0.29) is 25.0 Å². The van der Waals surface area contributed by atoms with E-state index in [1.54, 1.807) is 42.2 Å². The Hall–Kier alpha value is -3.20. The third-order valence-electron chi connectivity index (χ3n) is 8.94. The number of aliphatic hydroxyl groups excluding tert-OH is 1. The topological polar surface area (TPSA) is 96.4 Å². The van der Waals surface area contributed by atoms with Crippen LogP contribution in [0.3, 0.4) is 0 Å². The van der Waals surface area contributed by atoms with Crippen LogP contribution in [0.5, 0.6) is 0 Å². The lowest BCUT2D eigenvalue weighted by molar-refractivity contribution is -0.162. The number of amides is 2. The number of carbonyl (C=O) groups excluding carboxylic acids is 3. The summed E-state index contributed by atoms with van der Waals surface area (Å²) >= 11 is 6.13. The summed E-state index contributed by atoms with van der Waals surface area (Å²) < 4.78 is 12.2. The van der Waals surface area contributed by atoms with Gasteiger partial charge in [-0.15, -0.1) is 6.58 Å². The summed E-state index contributed by atoms with van der Waals surface area (Å²) in [6.07, 6.45) is 2.01. The zero-order valence-corrected chi connectivity index (χ0v) is 23.7. The second-order valence-corrected chi connectivity index (χ2v) is 11.5. The summed E-state index contributed by atoms with van der Waals surface area (Å²) in [5, 5.41) is 11.2. The second-order valence-electron chi connectivity index (χ2n) is 11.0. The minimum absolute atomic E-state index is 0.131. The van der Waals surface area contributed by atoms with Crippen molar-refractivity contribution in [3.8, 4) is 0 Å². The highest BCUT2D eigenvalue weighted by Crippen LogP contribution is 2.66. The average Bonchev–Trinajstić information content (AvgIpc) is 3.46. The van der Waals surface area contributed by atoms with Gasteiger partial charge in [0.05, 0.1) is 30.8 Å². The molecule has 3 unspecified atom stereocenters. The number of benzene rings is 2. The molecule has 5 rings (SSSR count). The third-order valence-corrected chi connectivity index (χ3v) is 9.19. The highest BCUT2D eigenvalue weighted by atomic mass is 35.5. The number of nitrogens with zero attached hydrogens (tertiary/aromatic N) is 2. The molecule has 1 spiro atoms. The molecule has 3 heterocycles. The van der Waals surface area contributed by atoms with Crippen molar-refractivity contribution in [1.29, 1.82) is 0 Å². The molecule has 3 saturated heterocycles. The van der Waals surface area contributed by atoms with Crippen LogP contribution in [0.1, 0.15) is 38.8 Å². The molecular formula is C31H35ClN2O6. The van der Waals surface area contributed by atoms with E-state index < -0.39 is 53.6 Å². The normalized spacial score (nSPS) is 31.1. The Labute approximate surface area is 239 Å². The number of likely N-dealkylation sites (tertiary alicyclic amines) is 1. The number of rotatable bonds is 9. The molecule has 7 atom stereocenters. The summed E-state index contributed by atoms with van der Waals surface area (Å²) in [4.78, 5) is 45.7. The van der Waals surface area contributed by atoms with Crippen molar-refractivity contribution in [2.45, 2.75) is 50.5 Å². The van der Waals surface area contributed by atoms with Gasteiger partial charge in [0.15, 0.2) is 0 Å². The number of halogens is 1. The van der Waals surface area contributed by atoms with Crippen LogP contribution in [0.25, 0.3) is 0 Å². The third kappa shape index (κ3) is 4.16. The lowest BCUT2D eigenvalue weighted by atomic mass is 9.62. The zero-order valence-electron chi connectivity index (χ0n) is 23.0. The van der Waals surface area contributed by atoms with Crippen LogP contribution >= 0.6 is 11.6 Å². The predicted octanol–water partition coefficient (Wildman–Crippen LogP) is 4.17. The first-order valence-electron chi connectivity index (χ1n) is 13.7. The quantitative estimate of drug-likeness (QED) is 0.362. The van der Waals surface area contributed by atoms with Crippen molar-refractivity contribution < 1.29 is 29.0 Å². The number of hydrogen-bond acceptors (Lipinski definition) is 6. The van der Waals surface area contributed by atoms with Gasteiger partial charge in [-0.25, -0.2) is 0 Å². The van der Waals surface area contributed by atoms with Crippen molar-refractivity contribution >= 4 is 35.1 Å². The SMILES string of the molecule is C=CCN(C(=O)C1N([C@H](CO)c2ccccc2)C(=O)[C@@H]2[C@@H](C(=O)OCC)[C@]3(C)OC12CC3C)c1ccc(Cl)cc1. The van der Waals surface area contributed by atoms with Gasteiger partial charge in [-0.05, 0) is 56.0 Å². The van der Waals surface area contributed by atoms with E-state index in [2.05, 4.69) is 6.58 Å². The van der Waals surface area contributed by atoms with Crippen LogP contribution in [0, 0.1) is 17.8 Å². The Bertz CT molecular complexity index is 1300. The molecule has 0 saturated carbocycles. The van der Waals surface area contributed by atoms with Gasteiger partial charge in [0, 0.05) is 17.3 Å². The fraction of sp³-hybridized carbons (Fsp3) is 0.452.